The summed E-state index contributed by atoms with van der Waals surface area (Å²) in [6.07, 6.45) is 0. The maximum atomic E-state index is 2.95. The van der Waals surface area contributed by atoms with Crippen molar-refractivity contribution in [3.05, 3.63) is 57.6 Å². The van der Waals surface area contributed by atoms with Gasteiger partial charge >= 0.3 is 0 Å². The third-order valence-corrected chi connectivity index (χ3v) is 48.1. The standard InChI is InChI=1S/C39H79Si8/c1-29-25-30(2)35(31(3)26-29)40(47(22,23)24)36-33(38(43(10,11)12)44(13,14)15)27-32(37(41(4,5)6)42(7,8)9)28-34(36)39(45(16,17)18)46(19,20)21/h25-28,37-39H,1-24H3. The Morgan fingerprint density at radius 2 is 0.660 bits per heavy atom. The highest BCUT2D eigenvalue weighted by atomic mass is 29.2. The van der Waals surface area contributed by atoms with Gasteiger partial charge in [-0.05, 0) is 41.8 Å². The van der Waals surface area contributed by atoms with Crippen LogP contribution in [-0.2, 0) is 0 Å². The van der Waals surface area contributed by atoms with Gasteiger partial charge in [0.05, 0.1) is 0 Å². The third kappa shape index (κ3) is 10.2. The molecule has 0 amide bonds. The van der Waals surface area contributed by atoms with E-state index in [0.29, 0.717) is 0 Å². The molecule has 0 aliphatic carbocycles. The lowest BCUT2D eigenvalue weighted by Crippen LogP contribution is -2.65. The number of benzene rings is 2. The second kappa shape index (κ2) is 14.0. The topological polar surface area (TPSA) is 0 Å². The molecular formula is C39H79Si8. The summed E-state index contributed by atoms with van der Waals surface area (Å²) in [6.45, 7) is 64.2. The zero-order valence-electron chi connectivity index (χ0n) is 36.0. The molecule has 2 aromatic rings. The zero-order chi connectivity index (χ0) is 37.3. The Balaban J connectivity index is 3.62. The Morgan fingerprint density at radius 1 is 0.383 bits per heavy atom. The lowest BCUT2D eigenvalue weighted by Gasteiger charge is -2.48. The van der Waals surface area contributed by atoms with Crippen molar-refractivity contribution in [1.29, 1.82) is 0 Å². The van der Waals surface area contributed by atoms with Crippen molar-refractivity contribution < 1.29 is 0 Å². The number of hydrogen-bond acceptors (Lipinski definition) is 0. The van der Waals surface area contributed by atoms with Gasteiger partial charge in [-0.1, -0.05) is 200 Å². The normalized spacial score (nSPS) is 14.7. The van der Waals surface area contributed by atoms with Crippen molar-refractivity contribution in [2.24, 2.45) is 0 Å². The van der Waals surface area contributed by atoms with Gasteiger partial charge in [-0.2, -0.15) is 0 Å². The van der Waals surface area contributed by atoms with Gasteiger partial charge < -0.3 is 0 Å². The Morgan fingerprint density at radius 3 is 0.894 bits per heavy atom. The van der Waals surface area contributed by atoms with Crippen LogP contribution in [-0.4, -0.2) is 64.3 Å². The second-order valence-electron chi connectivity index (χ2n) is 23.0. The first-order valence-corrected chi connectivity index (χ1v) is 46.1. The number of hydrogen-bond donors (Lipinski definition) is 0. The van der Waals surface area contributed by atoms with E-state index in [0.717, 1.165) is 15.5 Å². The van der Waals surface area contributed by atoms with Crippen LogP contribution in [0.5, 0.6) is 0 Å². The van der Waals surface area contributed by atoms with E-state index in [2.05, 4.69) is 183 Å². The van der Waals surface area contributed by atoms with Crippen LogP contribution < -0.4 is 10.4 Å². The van der Waals surface area contributed by atoms with Gasteiger partial charge in [-0.25, -0.2) is 0 Å². The highest BCUT2D eigenvalue weighted by molar-refractivity contribution is 7.41. The third-order valence-electron chi connectivity index (χ3n) is 10.3. The summed E-state index contributed by atoms with van der Waals surface area (Å²) in [5.74, 6) is 0. The minimum atomic E-state index is -1.68. The number of rotatable bonds is 12. The average molecular weight is 773 g/mol. The zero-order valence-corrected chi connectivity index (χ0v) is 44.0. The van der Waals surface area contributed by atoms with Gasteiger partial charge in [-0.3, -0.25) is 0 Å². The molecule has 47 heavy (non-hydrogen) atoms. The molecule has 0 heterocycles. The molecule has 0 bridgehead atoms. The average Bonchev–Trinajstić information content (AvgIpc) is 2.70. The lowest BCUT2D eigenvalue weighted by molar-refractivity contribution is 1.10. The predicted octanol–water partition coefficient (Wildman–Crippen LogP) is 12.2. The van der Waals surface area contributed by atoms with Crippen LogP contribution >= 0.6 is 0 Å². The summed E-state index contributed by atoms with van der Waals surface area (Å²) >= 11 is 0. The van der Waals surface area contributed by atoms with Gasteiger partial charge in [0.25, 0.3) is 0 Å². The van der Waals surface area contributed by atoms with E-state index in [4.69, 9.17) is 0 Å². The van der Waals surface area contributed by atoms with Crippen molar-refractivity contribution in [3.63, 3.8) is 0 Å². The smallest absolute Gasteiger partial charge is 0.0710 e. The molecule has 2 aromatic carbocycles. The van der Waals surface area contributed by atoms with E-state index in [-0.39, 0.29) is 0 Å². The molecule has 0 saturated heterocycles. The van der Waals surface area contributed by atoms with E-state index < -0.39 is 64.3 Å². The molecule has 8 heteroatoms. The summed E-state index contributed by atoms with van der Waals surface area (Å²) in [6, 6.07) is 11.0. The molecule has 0 spiro atoms. The van der Waals surface area contributed by atoms with Crippen molar-refractivity contribution in [3.8, 4) is 0 Å². The highest BCUT2D eigenvalue weighted by Crippen LogP contribution is 2.44. The summed E-state index contributed by atoms with van der Waals surface area (Å²) < 4.78 is 0. The first kappa shape index (κ1) is 43.3. The Bertz CT molecular complexity index is 1290. The summed E-state index contributed by atoms with van der Waals surface area (Å²) in [5.41, 5.74) is 10.1. The molecule has 0 aromatic heterocycles. The van der Waals surface area contributed by atoms with Crippen LogP contribution in [0.4, 0.5) is 0 Å². The molecule has 0 aliphatic heterocycles. The molecule has 0 saturated carbocycles. The molecule has 0 unspecified atom stereocenters. The van der Waals surface area contributed by atoms with Gasteiger partial charge in [0, 0.05) is 56.0 Å². The SMILES string of the molecule is Cc1cc(C)c([Si](c2c(C([Si](C)(C)C)[Si](C)(C)C)cc(C([Si](C)(C)C)[Si](C)(C)C)cc2C([Si](C)(C)C)[Si](C)(C)C)[Si](C)(C)C)c(C)c1. The first-order chi connectivity index (χ1) is 20.5. The van der Waals surface area contributed by atoms with E-state index in [1.54, 1.807) is 21.9 Å². The van der Waals surface area contributed by atoms with Crippen LogP contribution in [0.3, 0.4) is 0 Å². The van der Waals surface area contributed by atoms with E-state index in [1.807, 2.05) is 16.3 Å². The lowest BCUT2D eigenvalue weighted by atomic mass is 10.1. The maximum Gasteiger partial charge on any atom is 0.113 e. The molecular weight excluding hydrogens is 693 g/mol. The minimum Gasteiger partial charge on any atom is -0.0710 e. The van der Waals surface area contributed by atoms with E-state index in [9.17, 15) is 0 Å². The molecule has 0 nitrogen and oxygen atoms in total. The largest absolute Gasteiger partial charge is 0.113 e. The molecule has 0 N–H and O–H groups in total. The van der Waals surface area contributed by atoms with E-state index >= 15 is 0 Å². The van der Waals surface area contributed by atoms with Crippen molar-refractivity contribution in [1.82, 2.24) is 0 Å². The molecule has 1 radical (unpaired) electrons. The van der Waals surface area contributed by atoms with E-state index in [1.165, 1.54) is 5.56 Å². The molecule has 0 aliphatic rings. The van der Waals surface area contributed by atoms with Crippen molar-refractivity contribution >= 4 is 74.7 Å². The minimum absolute atomic E-state index is 0.749. The summed E-state index contributed by atoms with van der Waals surface area (Å²) in [7, 11) is -12.1. The highest BCUT2D eigenvalue weighted by Gasteiger charge is 2.49. The van der Waals surface area contributed by atoms with Crippen LogP contribution in [0.15, 0.2) is 24.3 Å². The van der Waals surface area contributed by atoms with Gasteiger partial charge in [-0.15, -0.1) is 0 Å². The monoisotopic (exact) mass is 771 g/mol. The Labute approximate surface area is 304 Å². The fraction of sp³-hybridized carbons (Fsp3) is 0.692. The Hall–Kier alpha value is 0.175. The maximum absolute atomic E-state index is 2.95. The van der Waals surface area contributed by atoms with Crippen LogP contribution in [0.2, 0.25) is 137 Å². The quantitative estimate of drug-likeness (QED) is 0.189. The van der Waals surface area contributed by atoms with Crippen LogP contribution in [0.1, 0.15) is 48.9 Å². The molecule has 0 fully saturated rings. The number of aryl methyl sites for hydroxylation is 3. The Kier molecular flexibility index (Phi) is 12.9. The predicted molar refractivity (Wildman–Crippen MR) is 244 cm³/mol. The van der Waals surface area contributed by atoms with Crippen LogP contribution in [0, 0.1) is 20.8 Å². The molecule has 267 valence electrons. The van der Waals surface area contributed by atoms with Crippen LogP contribution in [0.25, 0.3) is 0 Å². The summed E-state index contributed by atoms with van der Waals surface area (Å²) in [5, 5.41) is 5.98. The van der Waals surface area contributed by atoms with Crippen molar-refractivity contribution in [2.45, 2.75) is 174 Å². The van der Waals surface area contributed by atoms with Gasteiger partial charge in [0.2, 0.25) is 0 Å². The van der Waals surface area contributed by atoms with Gasteiger partial charge in [0.1, 0.15) is 8.31 Å². The summed E-state index contributed by atoms with van der Waals surface area (Å²) in [4.78, 5) is 0. The molecule has 2 rings (SSSR count). The first-order valence-electron chi connectivity index (χ1n) is 18.7. The fourth-order valence-corrected chi connectivity index (χ4v) is 59.8. The molecule has 0 atom stereocenters. The van der Waals surface area contributed by atoms with Gasteiger partial charge in [0.15, 0.2) is 0 Å². The second-order valence-corrected chi connectivity index (χ2v) is 68.8. The van der Waals surface area contributed by atoms with Crippen molar-refractivity contribution in [2.75, 3.05) is 0 Å². The fourth-order valence-electron chi connectivity index (χ4n) is 10.8.